The van der Waals surface area contributed by atoms with E-state index in [4.69, 9.17) is 4.42 Å². The summed E-state index contributed by atoms with van der Waals surface area (Å²) in [6.45, 7) is 0. The maximum atomic E-state index is 12.2. The van der Waals surface area contributed by atoms with Crippen LogP contribution >= 0.6 is 23.1 Å². The van der Waals surface area contributed by atoms with Crippen LogP contribution in [0.2, 0.25) is 0 Å². The van der Waals surface area contributed by atoms with Gasteiger partial charge in [-0.15, -0.1) is 11.3 Å². The molecule has 0 fully saturated rings. The third kappa shape index (κ3) is 2.22. The van der Waals surface area contributed by atoms with Crippen molar-refractivity contribution in [2.75, 3.05) is 0 Å². The van der Waals surface area contributed by atoms with E-state index in [2.05, 4.69) is 9.97 Å². The lowest BCUT2D eigenvalue weighted by atomic mass is 10.3. The highest BCUT2D eigenvalue weighted by atomic mass is 32.2. The van der Waals surface area contributed by atoms with Gasteiger partial charge in [0.15, 0.2) is 10.7 Å². The van der Waals surface area contributed by atoms with E-state index in [1.807, 2.05) is 35.7 Å². The van der Waals surface area contributed by atoms with E-state index in [-0.39, 0.29) is 5.56 Å². The Morgan fingerprint density at radius 3 is 2.95 bits per heavy atom. The lowest BCUT2D eigenvalue weighted by Gasteiger charge is -2.05. The van der Waals surface area contributed by atoms with Gasteiger partial charge in [-0.05, 0) is 23.6 Å². The minimum absolute atomic E-state index is 0.0138. The van der Waals surface area contributed by atoms with Gasteiger partial charge in [0.25, 0.3) is 5.56 Å². The fourth-order valence-corrected chi connectivity index (χ4v) is 3.83. The van der Waals surface area contributed by atoms with Crippen LogP contribution in [-0.2, 0) is 12.8 Å². The van der Waals surface area contributed by atoms with E-state index in [0.29, 0.717) is 21.5 Å². The Labute approximate surface area is 133 Å². The Hall–Kier alpha value is -2.12. The summed E-state index contributed by atoms with van der Waals surface area (Å²) in [7, 11) is 1.74. The molecule has 0 aliphatic heterocycles. The van der Waals surface area contributed by atoms with Gasteiger partial charge in [-0.2, -0.15) is 0 Å². The zero-order chi connectivity index (χ0) is 15.1. The average Bonchev–Trinajstić information content (AvgIpc) is 3.15. The largest absolute Gasteiger partial charge is 0.440 e. The normalized spacial score (nSPS) is 11.5. The number of aromatic nitrogens is 3. The number of fused-ring (bicyclic) bond motifs is 2. The smallest absolute Gasteiger partial charge is 0.271 e. The molecule has 0 radical (unpaired) electrons. The molecule has 0 bridgehead atoms. The summed E-state index contributed by atoms with van der Waals surface area (Å²) < 4.78 is 7.95. The molecule has 4 rings (SSSR count). The summed E-state index contributed by atoms with van der Waals surface area (Å²) >= 11 is 2.87. The van der Waals surface area contributed by atoms with Crippen molar-refractivity contribution in [3.63, 3.8) is 0 Å². The van der Waals surface area contributed by atoms with Crippen LogP contribution in [0.5, 0.6) is 0 Å². The third-order valence-electron chi connectivity index (χ3n) is 3.31. The lowest BCUT2D eigenvalue weighted by Crippen LogP contribution is -2.18. The van der Waals surface area contributed by atoms with E-state index in [9.17, 15) is 4.79 Å². The van der Waals surface area contributed by atoms with Crippen molar-refractivity contribution in [2.45, 2.75) is 10.9 Å². The summed E-state index contributed by atoms with van der Waals surface area (Å²) in [5.74, 6) is 1.16. The standard InChI is InChI=1S/C15H11N3O2S2/c1-18-14(19)13-10(6-7-21-13)17-15(18)22-8-12-16-9-4-2-3-5-11(9)20-12/h2-7H,8H2,1H3. The van der Waals surface area contributed by atoms with E-state index in [1.165, 1.54) is 23.1 Å². The van der Waals surface area contributed by atoms with Gasteiger partial charge in [0, 0.05) is 7.05 Å². The number of para-hydroxylation sites is 2. The van der Waals surface area contributed by atoms with Crippen LogP contribution in [0, 0.1) is 0 Å². The van der Waals surface area contributed by atoms with Crippen molar-refractivity contribution >= 4 is 44.4 Å². The predicted molar refractivity (Wildman–Crippen MR) is 88.4 cm³/mol. The fraction of sp³-hybridized carbons (Fsp3) is 0.133. The van der Waals surface area contributed by atoms with Crippen LogP contribution in [0.3, 0.4) is 0 Å². The Kier molecular flexibility index (Phi) is 3.24. The monoisotopic (exact) mass is 329 g/mol. The first-order chi connectivity index (χ1) is 10.7. The van der Waals surface area contributed by atoms with Crippen LogP contribution in [0.25, 0.3) is 21.3 Å². The zero-order valence-electron chi connectivity index (χ0n) is 11.6. The van der Waals surface area contributed by atoms with Gasteiger partial charge in [0.1, 0.15) is 10.2 Å². The number of oxazole rings is 1. The molecule has 22 heavy (non-hydrogen) atoms. The molecule has 5 nitrogen and oxygen atoms in total. The number of nitrogens with zero attached hydrogens (tertiary/aromatic N) is 3. The van der Waals surface area contributed by atoms with Crippen LogP contribution in [-0.4, -0.2) is 14.5 Å². The average molecular weight is 329 g/mol. The highest BCUT2D eigenvalue weighted by molar-refractivity contribution is 7.98. The number of rotatable bonds is 3. The molecule has 0 N–H and O–H groups in total. The van der Waals surface area contributed by atoms with E-state index in [1.54, 1.807) is 11.6 Å². The second kappa shape index (κ2) is 5.26. The van der Waals surface area contributed by atoms with E-state index in [0.717, 1.165) is 16.6 Å². The van der Waals surface area contributed by atoms with Gasteiger partial charge < -0.3 is 4.42 Å². The number of benzene rings is 1. The van der Waals surface area contributed by atoms with Crippen LogP contribution in [0.15, 0.2) is 50.1 Å². The molecular weight excluding hydrogens is 318 g/mol. The van der Waals surface area contributed by atoms with Crippen molar-refractivity contribution in [1.29, 1.82) is 0 Å². The summed E-state index contributed by atoms with van der Waals surface area (Å²) in [4.78, 5) is 21.2. The Morgan fingerprint density at radius 1 is 1.23 bits per heavy atom. The van der Waals surface area contributed by atoms with Crippen molar-refractivity contribution in [1.82, 2.24) is 14.5 Å². The molecule has 4 aromatic rings. The third-order valence-corrected chi connectivity index (χ3v) is 5.22. The van der Waals surface area contributed by atoms with Gasteiger partial charge in [0.2, 0.25) is 5.89 Å². The highest BCUT2D eigenvalue weighted by Crippen LogP contribution is 2.24. The van der Waals surface area contributed by atoms with E-state index < -0.39 is 0 Å². The van der Waals surface area contributed by atoms with Gasteiger partial charge in [0.05, 0.1) is 11.3 Å². The molecule has 0 unspecified atom stereocenters. The SMILES string of the molecule is Cn1c(SCc2nc3ccccc3o2)nc2ccsc2c1=O. The maximum absolute atomic E-state index is 12.2. The first kappa shape index (κ1) is 13.5. The molecular formula is C15H11N3O2S2. The molecule has 0 aliphatic rings. The summed E-state index contributed by atoms with van der Waals surface area (Å²) in [5, 5.41) is 2.55. The molecule has 0 amide bonds. The first-order valence-corrected chi connectivity index (χ1v) is 8.50. The second-order valence-corrected chi connectivity index (χ2v) is 6.62. The summed E-state index contributed by atoms with van der Waals surface area (Å²) in [6.07, 6.45) is 0. The molecule has 110 valence electrons. The van der Waals surface area contributed by atoms with Crippen LogP contribution in [0.1, 0.15) is 5.89 Å². The minimum atomic E-state index is -0.0138. The maximum Gasteiger partial charge on any atom is 0.271 e. The molecule has 0 saturated carbocycles. The van der Waals surface area contributed by atoms with Gasteiger partial charge >= 0.3 is 0 Å². The summed E-state index contributed by atoms with van der Waals surface area (Å²) in [6, 6.07) is 9.52. The first-order valence-electron chi connectivity index (χ1n) is 6.64. The van der Waals surface area contributed by atoms with Crippen molar-refractivity contribution < 1.29 is 4.42 Å². The van der Waals surface area contributed by atoms with Crippen LogP contribution < -0.4 is 5.56 Å². The Bertz CT molecular complexity index is 999. The Balaban J connectivity index is 1.66. The number of thioether (sulfide) groups is 1. The molecule has 7 heteroatoms. The summed E-state index contributed by atoms with van der Waals surface area (Å²) in [5.41, 5.74) is 2.34. The van der Waals surface area contributed by atoms with Crippen molar-refractivity contribution in [2.24, 2.45) is 7.05 Å². The second-order valence-electron chi connectivity index (χ2n) is 4.76. The van der Waals surface area contributed by atoms with Gasteiger partial charge in [-0.3, -0.25) is 9.36 Å². The topological polar surface area (TPSA) is 60.9 Å². The molecule has 0 aliphatic carbocycles. The van der Waals surface area contributed by atoms with E-state index >= 15 is 0 Å². The van der Waals surface area contributed by atoms with Crippen molar-refractivity contribution in [3.8, 4) is 0 Å². The van der Waals surface area contributed by atoms with Crippen molar-refractivity contribution in [3.05, 3.63) is 52.0 Å². The number of hydrogen-bond acceptors (Lipinski definition) is 6. The predicted octanol–water partition coefficient (Wildman–Crippen LogP) is 3.43. The number of hydrogen-bond donors (Lipinski definition) is 0. The zero-order valence-corrected chi connectivity index (χ0v) is 13.3. The highest BCUT2D eigenvalue weighted by Gasteiger charge is 2.12. The minimum Gasteiger partial charge on any atom is -0.440 e. The molecule has 1 aromatic carbocycles. The Morgan fingerprint density at radius 2 is 2.09 bits per heavy atom. The molecule has 3 aromatic heterocycles. The molecule has 0 atom stereocenters. The molecule has 0 saturated heterocycles. The molecule has 0 spiro atoms. The van der Waals surface area contributed by atoms with Crippen LogP contribution in [0.4, 0.5) is 0 Å². The molecule has 3 heterocycles. The van der Waals surface area contributed by atoms with Gasteiger partial charge in [-0.1, -0.05) is 23.9 Å². The van der Waals surface area contributed by atoms with Gasteiger partial charge in [-0.25, -0.2) is 9.97 Å². The lowest BCUT2D eigenvalue weighted by molar-refractivity contribution is 0.555. The number of thiophene rings is 1. The quantitative estimate of drug-likeness (QED) is 0.426. The fourth-order valence-electron chi connectivity index (χ4n) is 2.20.